The molecular formula is C12H14N2O. The summed E-state index contributed by atoms with van der Waals surface area (Å²) in [6, 6.07) is 10.0. The van der Waals surface area contributed by atoms with Gasteiger partial charge in [0.1, 0.15) is 0 Å². The van der Waals surface area contributed by atoms with Crippen LogP contribution in [0.15, 0.2) is 24.3 Å². The Bertz CT molecular complexity index is 383. The molecule has 1 heterocycles. The summed E-state index contributed by atoms with van der Waals surface area (Å²) in [5.74, 6) is 0. The molecule has 0 bridgehead atoms. The van der Waals surface area contributed by atoms with Crippen molar-refractivity contribution in [3.63, 3.8) is 0 Å². The van der Waals surface area contributed by atoms with E-state index in [1.54, 1.807) is 6.07 Å². The Labute approximate surface area is 89.7 Å². The summed E-state index contributed by atoms with van der Waals surface area (Å²) in [5.41, 5.74) is 1.68. The molecule has 1 aromatic carbocycles. The van der Waals surface area contributed by atoms with Crippen LogP contribution in [-0.4, -0.2) is 18.8 Å². The van der Waals surface area contributed by atoms with Gasteiger partial charge in [-0.15, -0.1) is 0 Å². The van der Waals surface area contributed by atoms with E-state index in [1.165, 1.54) is 0 Å². The van der Waals surface area contributed by atoms with Crippen LogP contribution in [0.1, 0.15) is 18.9 Å². The smallest absolute Gasteiger partial charge is 0.0992 e. The van der Waals surface area contributed by atoms with E-state index >= 15 is 0 Å². The maximum atomic E-state index is 8.77. The Kier molecular flexibility index (Phi) is 2.89. The zero-order valence-electron chi connectivity index (χ0n) is 8.73. The van der Waals surface area contributed by atoms with Crippen molar-refractivity contribution in [1.29, 1.82) is 5.26 Å². The molecule has 1 aliphatic rings. The number of hydrogen-bond acceptors (Lipinski definition) is 3. The van der Waals surface area contributed by atoms with E-state index in [0.29, 0.717) is 11.6 Å². The Morgan fingerprint density at radius 2 is 2.40 bits per heavy atom. The maximum Gasteiger partial charge on any atom is 0.0992 e. The zero-order valence-corrected chi connectivity index (χ0v) is 8.73. The molecule has 1 aliphatic heterocycles. The number of ether oxygens (including phenoxy) is 1. The number of nitriles is 1. The number of anilines is 1. The van der Waals surface area contributed by atoms with Crippen LogP contribution in [0, 0.1) is 11.3 Å². The number of nitrogens with one attached hydrogen (secondary N) is 1. The van der Waals surface area contributed by atoms with Gasteiger partial charge in [0.15, 0.2) is 0 Å². The third kappa shape index (κ3) is 2.28. The van der Waals surface area contributed by atoms with Crippen molar-refractivity contribution in [3.8, 4) is 6.07 Å². The van der Waals surface area contributed by atoms with Crippen LogP contribution in [-0.2, 0) is 4.74 Å². The van der Waals surface area contributed by atoms with Gasteiger partial charge in [-0.05, 0) is 31.5 Å². The Balaban J connectivity index is 2.07. The second-order valence-corrected chi connectivity index (χ2v) is 3.81. The molecule has 0 saturated carbocycles. The molecule has 78 valence electrons. The first-order valence-corrected chi connectivity index (χ1v) is 5.18. The molecular weight excluding hydrogens is 188 g/mol. The lowest BCUT2D eigenvalue weighted by Crippen LogP contribution is -2.26. The van der Waals surface area contributed by atoms with Crippen LogP contribution in [0.3, 0.4) is 0 Å². The summed E-state index contributed by atoms with van der Waals surface area (Å²) < 4.78 is 5.47. The van der Waals surface area contributed by atoms with Crippen LogP contribution in [0.5, 0.6) is 0 Å². The van der Waals surface area contributed by atoms with Gasteiger partial charge in [-0.3, -0.25) is 0 Å². The zero-order chi connectivity index (χ0) is 10.7. The second kappa shape index (κ2) is 4.33. The molecule has 2 atom stereocenters. The van der Waals surface area contributed by atoms with E-state index in [4.69, 9.17) is 10.00 Å². The summed E-state index contributed by atoms with van der Waals surface area (Å²) in [6.45, 7) is 2.88. The minimum Gasteiger partial charge on any atom is -0.380 e. The molecule has 0 amide bonds. The summed E-state index contributed by atoms with van der Waals surface area (Å²) in [7, 11) is 0. The fourth-order valence-electron chi connectivity index (χ4n) is 1.81. The molecule has 2 rings (SSSR count). The molecule has 0 spiro atoms. The predicted octanol–water partition coefficient (Wildman–Crippen LogP) is 2.15. The van der Waals surface area contributed by atoms with Gasteiger partial charge in [0.25, 0.3) is 0 Å². The largest absolute Gasteiger partial charge is 0.380 e. The quantitative estimate of drug-likeness (QED) is 0.799. The number of nitrogens with zero attached hydrogens (tertiary/aromatic N) is 1. The summed E-state index contributed by atoms with van der Waals surface area (Å²) >= 11 is 0. The van der Waals surface area contributed by atoms with Crippen molar-refractivity contribution in [2.24, 2.45) is 0 Å². The summed E-state index contributed by atoms with van der Waals surface area (Å²) in [5, 5.41) is 12.2. The van der Waals surface area contributed by atoms with Gasteiger partial charge in [0.05, 0.1) is 23.8 Å². The lowest BCUT2D eigenvalue weighted by molar-refractivity contribution is 0.121. The van der Waals surface area contributed by atoms with Crippen molar-refractivity contribution in [2.75, 3.05) is 11.9 Å². The molecule has 1 N–H and O–H groups in total. The van der Waals surface area contributed by atoms with Crippen LogP contribution >= 0.6 is 0 Å². The van der Waals surface area contributed by atoms with Crippen LogP contribution in [0.4, 0.5) is 5.69 Å². The molecule has 15 heavy (non-hydrogen) atoms. The van der Waals surface area contributed by atoms with Gasteiger partial charge < -0.3 is 10.1 Å². The van der Waals surface area contributed by atoms with Gasteiger partial charge in [0, 0.05) is 12.3 Å². The fraction of sp³-hybridized carbons (Fsp3) is 0.417. The van der Waals surface area contributed by atoms with Crippen molar-refractivity contribution in [1.82, 2.24) is 0 Å². The molecule has 3 nitrogen and oxygen atoms in total. The average Bonchev–Trinajstić information content (AvgIpc) is 2.65. The normalized spacial score (nSPS) is 24.8. The Morgan fingerprint density at radius 1 is 1.53 bits per heavy atom. The first kappa shape index (κ1) is 10.0. The third-order valence-corrected chi connectivity index (χ3v) is 2.72. The van der Waals surface area contributed by atoms with Gasteiger partial charge in [-0.1, -0.05) is 6.07 Å². The molecule has 0 aromatic heterocycles. The van der Waals surface area contributed by atoms with Crippen LogP contribution in [0.25, 0.3) is 0 Å². The predicted molar refractivity (Wildman–Crippen MR) is 58.6 cm³/mol. The lowest BCUT2D eigenvalue weighted by Gasteiger charge is -2.17. The second-order valence-electron chi connectivity index (χ2n) is 3.81. The standard InChI is InChI=1S/C12H14N2O/c1-9-12(5-6-15-9)14-11-4-2-3-10(7-11)8-13/h2-4,7,9,12,14H,5-6H2,1H3/t9-,12-/m1/s1. The summed E-state index contributed by atoms with van der Waals surface area (Å²) in [6.07, 6.45) is 1.27. The average molecular weight is 202 g/mol. The van der Waals surface area contributed by atoms with Crippen molar-refractivity contribution < 1.29 is 4.74 Å². The molecule has 0 radical (unpaired) electrons. The minimum absolute atomic E-state index is 0.246. The van der Waals surface area contributed by atoms with Crippen molar-refractivity contribution >= 4 is 5.69 Å². The molecule has 3 heteroatoms. The van der Waals surface area contributed by atoms with E-state index in [1.807, 2.05) is 18.2 Å². The topological polar surface area (TPSA) is 45.0 Å². The van der Waals surface area contributed by atoms with Gasteiger partial charge in [-0.2, -0.15) is 5.26 Å². The summed E-state index contributed by atoms with van der Waals surface area (Å²) in [4.78, 5) is 0. The lowest BCUT2D eigenvalue weighted by atomic mass is 10.1. The first-order chi connectivity index (χ1) is 7.29. The Hall–Kier alpha value is -1.53. The first-order valence-electron chi connectivity index (χ1n) is 5.18. The van der Waals surface area contributed by atoms with E-state index < -0.39 is 0 Å². The molecule has 1 saturated heterocycles. The monoisotopic (exact) mass is 202 g/mol. The molecule has 0 aliphatic carbocycles. The van der Waals surface area contributed by atoms with Crippen molar-refractivity contribution in [3.05, 3.63) is 29.8 Å². The molecule has 1 aromatic rings. The van der Waals surface area contributed by atoms with Crippen LogP contribution < -0.4 is 5.32 Å². The SMILES string of the molecule is C[C@H]1OCC[C@H]1Nc1cccc(C#N)c1. The number of hydrogen-bond donors (Lipinski definition) is 1. The van der Waals surface area contributed by atoms with E-state index in [0.717, 1.165) is 18.7 Å². The highest BCUT2D eigenvalue weighted by Crippen LogP contribution is 2.19. The number of benzene rings is 1. The van der Waals surface area contributed by atoms with E-state index in [9.17, 15) is 0 Å². The van der Waals surface area contributed by atoms with E-state index in [-0.39, 0.29) is 6.10 Å². The highest BCUT2D eigenvalue weighted by Gasteiger charge is 2.23. The van der Waals surface area contributed by atoms with Gasteiger partial charge >= 0.3 is 0 Å². The minimum atomic E-state index is 0.246. The highest BCUT2D eigenvalue weighted by atomic mass is 16.5. The van der Waals surface area contributed by atoms with Crippen molar-refractivity contribution in [2.45, 2.75) is 25.5 Å². The van der Waals surface area contributed by atoms with Gasteiger partial charge in [0.2, 0.25) is 0 Å². The van der Waals surface area contributed by atoms with Gasteiger partial charge in [-0.25, -0.2) is 0 Å². The third-order valence-electron chi connectivity index (χ3n) is 2.72. The number of rotatable bonds is 2. The fourth-order valence-corrected chi connectivity index (χ4v) is 1.81. The maximum absolute atomic E-state index is 8.77. The highest BCUT2D eigenvalue weighted by molar-refractivity contribution is 5.50. The Morgan fingerprint density at radius 3 is 3.07 bits per heavy atom. The molecule has 1 fully saturated rings. The van der Waals surface area contributed by atoms with Crippen LogP contribution in [0.2, 0.25) is 0 Å². The van der Waals surface area contributed by atoms with E-state index in [2.05, 4.69) is 18.3 Å². The molecule has 0 unspecified atom stereocenters.